The van der Waals surface area contributed by atoms with Gasteiger partial charge in [-0.2, -0.15) is 5.43 Å². The molecule has 1 N–H and O–H groups in total. The SMILES string of the molecule is O=NNC(=O)N(CC(Cl)Cl)CC(Cl)Cl. The topological polar surface area (TPSA) is 61.8 Å². The zero-order chi connectivity index (χ0) is 11.1. The van der Waals surface area contributed by atoms with Gasteiger partial charge in [-0.15, -0.1) is 51.3 Å². The third-order valence-corrected chi connectivity index (χ3v) is 1.70. The molecule has 0 fully saturated rings. The molecule has 9 heteroatoms. The molecule has 0 heterocycles. The lowest BCUT2D eigenvalue weighted by Gasteiger charge is -2.21. The van der Waals surface area contributed by atoms with Crippen molar-refractivity contribution in [3.05, 3.63) is 4.91 Å². The maximum absolute atomic E-state index is 11.1. The number of nitroso groups, excluding NO2 is 1. The van der Waals surface area contributed by atoms with E-state index in [1.807, 2.05) is 0 Å². The van der Waals surface area contributed by atoms with Gasteiger partial charge in [-0.3, -0.25) is 0 Å². The van der Waals surface area contributed by atoms with Crippen LogP contribution in [0.4, 0.5) is 4.79 Å². The van der Waals surface area contributed by atoms with Gasteiger partial charge < -0.3 is 4.90 Å². The predicted molar refractivity (Wildman–Crippen MR) is 56.9 cm³/mol. The van der Waals surface area contributed by atoms with Crippen molar-refractivity contribution in [3.8, 4) is 0 Å². The molecule has 0 bridgehead atoms. The number of amides is 2. The second-order valence-corrected chi connectivity index (χ2v) is 4.75. The monoisotopic (exact) mass is 281 g/mol. The highest BCUT2D eigenvalue weighted by molar-refractivity contribution is 6.45. The predicted octanol–water partition coefficient (Wildman–Crippen LogP) is 2.29. The maximum Gasteiger partial charge on any atom is 0.340 e. The summed E-state index contributed by atoms with van der Waals surface area (Å²) in [6.45, 7) is 0.000802. The van der Waals surface area contributed by atoms with Crippen LogP contribution in [0.15, 0.2) is 5.29 Å². The lowest BCUT2D eigenvalue weighted by atomic mass is 10.5. The van der Waals surface area contributed by atoms with E-state index in [-0.39, 0.29) is 13.1 Å². The summed E-state index contributed by atoms with van der Waals surface area (Å²) < 4.78 is 0. The van der Waals surface area contributed by atoms with E-state index in [1.54, 1.807) is 5.43 Å². The molecule has 0 aromatic carbocycles. The number of halogens is 4. The molecule has 82 valence electrons. The molecular weight excluding hydrogens is 276 g/mol. The van der Waals surface area contributed by atoms with Crippen LogP contribution in [-0.4, -0.2) is 33.7 Å². The van der Waals surface area contributed by atoms with E-state index in [1.165, 1.54) is 0 Å². The Morgan fingerprint density at radius 2 is 1.64 bits per heavy atom. The van der Waals surface area contributed by atoms with Crippen LogP contribution in [0.5, 0.6) is 0 Å². The fraction of sp³-hybridized carbons (Fsp3) is 0.800. The molecule has 0 aromatic heterocycles. The Morgan fingerprint density at radius 1 is 1.21 bits per heavy atom. The third-order valence-electron chi connectivity index (χ3n) is 1.15. The average Bonchev–Trinajstić information content (AvgIpc) is 2.01. The first-order valence-corrected chi connectivity index (χ1v) is 5.15. The fourth-order valence-electron chi connectivity index (χ4n) is 0.683. The summed E-state index contributed by atoms with van der Waals surface area (Å²) in [4.78, 5) is 20.3. The molecule has 0 atom stereocenters. The summed E-state index contributed by atoms with van der Waals surface area (Å²) in [5.41, 5.74) is 1.68. The summed E-state index contributed by atoms with van der Waals surface area (Å²) in [5.74, 6) is 0. The second-order valence-electron chi connectivity index (χ2n) is 2.20. The van der Waals surface area contributed by atoms with Crippen molar-refractivity contribution in [3.63, 3.8) is 0 Å². The van der Waals surface area contributed by atoms with Crippen LogP contribution in [0.2, 0.25) is 0 Å². The number of nitrogens with one attached hydrogen (secondary N) is 1. The Labute approximate surface area is 101 Å². The van der Waals surface area contributed by atoms with Crippen molar-refractivity contribution in [1.29, 1.82) is 0 Å². The lowest BCUT2D eigenvalue weighted by molar-refractivity contribution is 0.202. The summed E-state index contributed by atoms with van der Waals surface area (Å²) >= 11 is 21.8. The molecule has 0 spiro atoms. The molecule has 0 aromatic rings. The minimum absolute atomic E-state index is 0.000401. The summed E-state index contributed by atoms with van der Waals surface area (Å²) in [6.07, 6.45) is 0. The van der Waals surface area contributed by atoms with E-state index in [9.17, 15) is 9.70 Å². The van der Waals surface area contributed by atoms with Gasteiger partial charge in [0.15, 0.2) is 0 Å². The number of carbonyl (C=O) groups excluding carboxylic acids is 1. The first kappa shape index (κ1) is 14.0. The van der Waals surface area contributed by atoms with E-state index in [4.69, 9.17) is 46.4 Å². The van der Waals surface area contributed by atoms with Gasteiger partial charge in [0.25, 0.3) is 0 Å². The van der Waals surface area contributed by atoms with Crippen molar-refractivity contribution < 1.29 is 4.79 Å². The van der Waals surface area contributed by atoms with Crippen molar-refractivity contribution >= 4 is 52.4 Å². The van der Waals surface area contributed by atoms with Crippen LogP contribution < -0.4 is 5.43 Å². The molecule has 0 aliphatic carbocycles. The van der Waals surface area contributed by atoms with Gasteiger partial charge in [0.2, 0.25) is 0 Å². The summed E-state index contributed by atoms with van der Waals surface area (Å²) in [7, 11) is 0. The van der Waals surface area contributed by atoms with Gasteiger partial charge in [-0.05, 0) is 0 Å². The Hall–Kier alpha value is 0.0300. The first-order valence-electron chi connectivity index (χ1n) is 3.41. The molecule has 0 saturated heterocycles. The van der Waals surface area contributed by atoms with E-state index < -0.39 is 15.7 Å². The van der Waals surface area contributed by atoms with Gasteiger partial charge in [-0.25, -0.2) is 4.79 Å². The molecular formula is C5H7Cl4N3O2. The Morgan fingerprint density at radius 3 is 1.93 bits per heavy atom. The number of carbonyl (C=O) groups is 1. The highest BCUT2D eigenvalue weighted by atomic mass is 35.5. The Balaban J connectivity index is 4.22. The number of hydrogen-bond donors (Lipinski definition) is 1. The summed E-state index contributed by atoms with van der Waals surface area (Å²) in [6, 6.07) is -0.752. The van der Waals surface area contributed by atoms with Crippen LogP contribution in [-0.2, 0) is 0 Å². The maximum atomic E-state index is 11.1. The molecule has 0 radical (unpaired) electrons. The van der Waals surface area contributed by atoms with Gasteiger partial charge in [-0.1, -0.05) is 0 Å². The molecule has 0 saturated carbocycles. The van der Waals surface area contributed by atoms with Crippen LogP contribution in [0.1, 0.15) is 0 Å². The van der Waals surface area contributed by atoms with Gasteiger partial charge >= 0.3 is 6.03 Å². The molecule has 2 amide bonds. The van der Waals surface area contributed by atoms with Crippen LogP contribution in [0.3, 0.4) is 0 Å². The van der Waals surface area contributed by atoms with Crippen LogP contribution >= 0.6 is 46.4 Å². The van der Waals surface area contributed by atoms with Crippen molar-refractivity contribution in [1.82, 2.24) is 10.3 Å². The first-order chi connectivity index (χ1) is 6.47. The third kappa shape index (κ3) is 6.48. The summed E-state index contributed by atoms with van der Waals surface area (Å²) in [5, 5.41) is 2.21. The van der Waals surface area contributed by atoms with E-state index in [0.717, 1.165) is 4.90 Å². The van der Waals surface area contributed by atoms with Crippen molar-refractivity contribution in [2.45, 2.75) is 9.67 Å². The smallest absolute Gasteiger partial charge is 0.318 e. The molecule has 0 rings (SSSR count). The second kappa shape index (κ2) is 7.34. The minimum atomic E-state index is -0.792. The van der Waals surface area contributed by atoms with Crippen molar-refractivity contribution in [2.24, 2.45) is 5.29 Å². The van der Waals surface area contributed by atoms with Gasteiger partial charge in [0, 0.05) is 0 Å². The Bertz CT molecular complexity index is 191. The number of nitrogens with zero attached hydrogens (tertiary/aromatic N) is 2. The number of rotatable bonds is 5. The normalized spacial score (nSPS) is 10.4. The molecule has 0 aliphatic rings. The molecule has 0 unspecified atom stereocenters. The van der Waals surface area contributed by atoms with Gasteiger partial charge in [0.1, 0.15) is 9.67 Å². The van der Waals surface area contributed by atoms with E-state index >= 15 is 0 Å². The van der Waals surface area contributed by atoms with Gasteiger partial charge in [0.05, 0.1) is 18.4 Å². The molecule has 14 heavy (non-hydrogen) atoms. The minimum Gasteiger partial charge on any atom is -0.318 e. The number of urea groups is 1. The van der Waals surface area contributed by atoms with Crippen LogP contribution in [0.25, 0.3) is 0 Å². The zero-order valence-electron chi connectivity index (χ0n) is 6.79. The lowest BCUT2D eigenvalue weighted by Crippen LogP contribution is -2.42. The highest BCUT2D eigenvalue weighted by Crippen LogP contribution is 2.09. The van der Waals surface area contributed by atoms with E-state index in [2.05, 4.69) is 5.29 Å². The Kier molecular flexibility index (Phi) is 7.35. The molecule has 5 nitrogen and oxygen atoms in total. The molecule has 0 aliphatic heterocycles. The number of alkyl halides is 4. The number of hydrogen-bond acceptors (Lipinski definition) is 3. The van der Waals surface area contributed by atoms with Crippen LogP contribution in [0, 0.1) is 4.91 Å². The largest absolute Gasteiger partial charge is 0.340 e. The average molecular weight is 283 g/mol. The quantitative estimate of drug-likeness (QED) is 0.478. The zero-order valence-corrected chi connectivity index (χ0v) is 9.82. The fourth-order valence-corrected chi connectivity index (χ4v) is 1.35. The van der Waals surface area contributed by atoms with Crippen molar-refractivity contribution in [2.75, 3.05) is 13.1 Å². The standard InChI is InChI=1S/C5H7Cl4N3O2/c6-3(7)1-12(2-4(8)9)5(13)10-11-14/h3-4H,1-2H2,(H,10,13,14). The highest BCUT2D eigenvalue weighted by Gasteiger charge is 2.18. The van der Waals surface area contributed by atoms with E-state index in [0.29, 0.717) is 0 Å².